The van der Waals surface area contributed by atoms with Gasteiger partial charge in [-0.2, -0.15) is 0 Å². The van der Waals surface area contributed by atoms with Crippen LogP contribution in [-0.4, -0.2) is 30.2 Å². The highest BCUT2D eigenvalue weighted by molar-refractivity contribution is 9.10. The second-order valence-electron chi connectivity index (χ2n) is 6.08. The summed E-state index contributed by atoms with van der Waals surface area (Å²) in [6.45, 7) is 4.35. The van der Waals surface area contributed by atoms with Crippen LogP contribution in [0.3, 0.4) is 0 Å². The summed E-state index contributed by atoms with van der Waals surface area (Å²) in [5.41, 5.74) is 3.24. The van der Waals surface area contributed by atoms with Gasteiger partial charge in [-0.1, -0.05) is 19.1 Å². The van der Waals surface area contributed by atoms with E-state index in [-0.39, 0.29) is 0 Å². The van der Waals surface area contributed by atoms with Crippen LogP contribution in [-0.2, 0) is 13.0 Å². The van der Waals surface area contributed by atoms with Crippen molar-refractivity contribution >= 4 is 27.0 Å². The molecule has 0 aliphatic heterocycles. The molecule has 2 N–H and O–H groups in total. The van der Waals surface area contributed by atoms with Crippen molar-refractivity contribution in [2.75, 3.05) is 20.3 Å². The minimum absolute atomic E-state index is 0.671. The molecule has 0 radical (unpaired) electrons. The maximum Gasteiger partial charge on any atom is 0.175 e. The lowest BCUT2D eigenvalue weighted by molar-refractivity contribution is 0.292. The zero-order chi connectivity index (χ0) is 18.4. The highest BCUT2D eigenvalue weighted by Crippen LogP contribution is 2.36. The van der Waals surface area contributed by atoms with Crippen LogP contribution in [0.2, 0.25) is 0 Å². The van der Waals surface area contributed by atoms with E-state index < -0.39 is 0 Å². The van der Waals surface area contributed by atoms with Crippen molar-refractivity contribution in [3.05, 3.63) is 52.3 Å². The molecule has 2 aromatic carbocycles. The fraction of sp³-hybridized carbons (Fsp3) is 0.350. The number of H-pyrrole nitrogens is 1. The van der Waals surface area contributed by atoms with Gasteiger partial charge in [0.2, 0.25) is 0 Å². The summed E-state index contributed by atoms with van der Waals surface area (Å²) in [5.74, 6) is 2.52. The van der Waals surface area contributed by atoms with Gasteiger partial charge in [-0.15, -0.1) is 0 Å². The Morgan fingerprint density at radius 1 is 1.23 bits per heavy atom. The zero-order valence-electron chi connectivity index (χ0n) is 15.1. The summed E-state index contributed by atoms with van der Waals surface area (Å²) in [4.78, 5) is 7.95. The molecule has 0 amide bonds. The second kappa shape index (κ2) is 9.05. The minimum atomic E-state index is 0.671. The Kier molecular flexibility index (Phi) is 6.52. The first kappa shape index (κ1) is 18.7. The molecule has 1 aromatic heterocycles. The lowest BCUT2D eigenvalue weighted by atomic mass is 10.2. The number of fused-ring (bicyclic) bond motifs is 1. The van der Waals surface area contributed by atoms with E-state index in [9.17, 15) is 0 Å². The van der Waals surface area contributed by atoms with Crippen LogP contribution in [0.1, 0.15) is 24.7 Å². The minimum Gasteiger partial charge on any atom is -0.493 e. The molecule has 3 aromatic rings. The molecule has 6 heteroatoms. The number of hydrogen-bond donors (Lipinski definition) is 2. The van der Waals surface area contributed by atoms with Crippen LogP contribution in [0.15, 0.2) is 40.9 Å². The number of methoxy groups -OCH3 is 1. The number of halogens is 1. The third-order valence-electron chi connectivity index (χ3n) is 4.05. The Morgan fingerprint density at radius 2 is 2.08 bits per heavy atom. The molecular formula is C20H24BrN3O2. The van der Waals surface area contributed by atoms with Gasteiger partial charge < -0.3 is 19.8 Å². The number of aromatic nitrogens is 2. The summed E-state index contributed by atoms with van der Waals surface area (Å²) in [5, 5.41) is 3.46. The molecule has 5 nitrogen and oxygen atoms in total. The van der Waals surface area contributed by atoms with E-state index in [1.54, 1.807) is 7.11 Å². The smallest absolute Gasteiger partial charge is 0.175 e. The normalized spacial score (nSPS) is 11.0. The van der Waals surface area contributed by atoms with Crippen LogP contribution in [0, 0.1) is 0 Å². The van der Waals surface area contributed by atoms with Gasteiger partial charge in [0.1, 0.15) is 5.82 Å². The van der Waals surface area contributed by atoms with Gasteiger partial charge in [-0.25, -0.2) is 4.98 Å². The molecule has 0 unspecified atom stereocenters. The third-order valence-corrected chi connectivity index (χ3v) is 4.63. The molecule has 0 aliphatic rings. The Bertz CT molecular complexity index is 830. The Balaban J connectivity index is 1.56. The first-order valence-corrected chi connectivity index (χ1v) is 9.64. The molecular weight excluding hydrogens is 394 g/mol. The fourth-order valence-electron chi connectivity index (χ4n) is 2.78. The predicted octanol–water partition coefficient (Wildman–Crippen LogP) is 4.46. The maximum atomic E-state index is 5.77. The Hall–Kier alpha value is -2.05. The lowest BCUT2D eigenvalue weighted by Crippen LogP contribution is -2.17. The summed E-state index contributed by atoms with van der Waals surface area (Å²) in [7, 11) is 1.67. The maximum absolute atomic E-state index is 5.77. The number of imidazole rings is 1. The van der Waals surface area contributed by atoms with E-state index in [2.05, 4.69) is 44.2 Å². The van der Waals surface area contributed by atoms with Crippen molar-refractivity contribution in [1.82, 2.24) is 15.3 Å². The largest absolute Gasteiger partial charge is 0.493 e. The monoisotopic (exact) mass is 417 g/mol. The molecule has 138 valence electrons. The molecule has 0 saturated heterocycles. The van der Waals surface area contributed by atoms with Crippen LogP contribution in [0.5, 0.6) is 11.5 Å². The van der Waals surface area contributed by atoms with E-state index in [1.807, 2.05) is 30.3 Å². The number of hydrogen-bond acceptors (Lipinski definition) is 4. The molecule has 3 rings (SSSR count). The molecule has 0 fully saturated rings. The Labute approximate surface area is 162 Å². The highest BCUT2D eigenvalue weighted by atomic mass is 79.9. The average Bonchev–Trinajstić information content (AvgIpc) is 3.07. The number of nitrogens with one attached hydrogen (secondary N) is 2. The third kappa shape index (κ3) is 4.56. The van der Waals surface area contributed by atoms with Crippen molar-refractivity contribution in [3.8, 4) is 11.5 Å². The highest BCUT2D eigenvalue weighted by Gasteiger charge is 2.11. The number of benzene rings is 2. The van der Waals surface area contributed by atoms with E-state index in [0.717, 1.165) is 64.3 Å². The first-order valence-electron chi connectivity index (χ1n) is 8.84. The van der Waals surface area contributed by atoms with Gasteiger partial charge in [0.05, 0.1) is 29.2 Å². The van der Waals surface area contributed by atoms with Crippen molar-refractivity contribution in [2.45, 2.75) is 26.3 Å². The van der Waals surface area contributed by atoms with E-state index in [0.29, 0.717) is 6.61 Å². The van der Waals surface area contributed by atoms with Crippen molar-refractivity contribution < 1.29 is 9.47 Å². The standard InChI is InChI=1S/C20H24BrN3O2/c1-3-10-26-20-15(21)11-14(12-18(20)25-2)13-22-9-8-19-23-16-6-4-5-7-17(16)24-19/h4-7,11-12,22H,3,8-10,13H2,1-2H3,(H,23,24). The molecule has 0 spiro atoms. The topological polar surface area (TPSA) is 59.2 Å². The van der Waals surface area contributed by atoms with Crippen LogP contribution < -0.4 is 14.8 Å². The number of aromatic amines is 1. The predicted molar refractivity (Wildman–Crippen MR) is 108 cm³/mol. The summed E-state index contributed by atoms with van der Waals surface area (Å²) < 4.78 is 12.2. The summed E-state index contributed by atoms with van der Waals surface area (Å²) >= 11 is 3.59. The Morgan fingerprint density at radius 3 is 2.85 bits per heavy atom. The molecule has 1 heterocycles. The van der Waals surface area contributed by atoms with Crippen molar-refractivity contribution in [3.63, 3.8) is 0 Å². The molecule has 26 heavy (non-hydrogen) atoms. The quantitative estimate of drug-likeness (QED) is 0.504. The van der Waals surface area contributed by atoms with Crippen molar-refractivity contribution in [2.24, 2.45) is 0 Å². The van der Waals surface area contributed by atoms with Gasteiger partial charge in [-0.3, -0.25) is 0 Å². The number of rotatable bonds is 9. The van der Waals surface area contributed by atoms with Gasteiger partial charge in [0.15, 0.2) is 11.5 Å². The van der Waals surface area contributed by atoms with Crippen molar-refractivity contribution in [1.29, 1.82) is 0 Å². The second-order valence-corrected chi connectivity index (χ2v) is 6.94. The number of para-hydroxylation sites is 2. The SMILES string of the molecule is CCCOc1c(Br)cc(CNCCc2nc3ccccc3[nH]2)cc1OC. The van der Waals surface area contributed by atoms with Crippen LogP contribution >= 0.6 is 15.9 Å². The number of ether oxygens (including phenoxy) is 2. The van der Waals surface area contributed by atoms with Gasteiger partial charge in [0, 0.05) is 19.5 Å². The van der Waals surface area contributed by atoms with Crippen LogP contribution in [0.4, 0.5) is 0 Å². The van der Waals surface area contributed by atoms with Crippen LogP contribution in [0.25, 0.3) is 11.0 Å². The summed E-state index contributed by atoms with van der Waals surface area (Å²) in [6.07, 6.45) is 1.81. The zero-order valence-corrected chi connectivity index (χ0v) is 16.7. The fourth-order valence-corrected chi connectivity index (χ4v) is 3.39. The van der Waals surface area contributed by atoms with E-state index >= 15 is 0 Å². The molecule has 0 bridgehead atoms. The lowest BCUT2D eigenvalue weighted by Gasteiger charge is -2.14. The van der Waals surface area contributed by atoms with Gasteiger partial charge in [-0.05, 0) is 52.2 Å². The van der Waals surface area contributed by atoms with Gasteiger partial charge in [0.25, 0.3) is 0 Å². The van der Waals surface area contributed by atoms with Gasteiger partial charge >= 0.3 is 0 Å². The average molecular weight is 418 g/mol. The molecule has 0 saturated carbocycles. The summed E-state index contributed by atoms with van der Waals surface area (Å²) in [6, 6.07) is 12.2. The number of nitrogens with zero attached hydrogens (tertiary/aromatic N) is 1. The van der Waals surface area contributed by atoms with E-state index in [1.165, 1.54) is 0 Å². The van der Waals surface area contributed by atoms with E-state index in [4.69, 9.17) is 9.47 Å². The molecule has 0 aliphatic carbocycles. The molecule has 0 atom stereocenters. The first-order chi connectivity index (χ1) is 12.7.